The number of carbonyl (C=O) groups excluding carboxylic acids is 1. The molecule has 0 atom stereocenters. The van der Waals surface area contributed by atoms with Gasteiger partial charge in [-0.15, -0.1) is 11.3 Å². The van der Waals surface area contributed by atoms with E-state index in [9.17, 15) is 4.79 Å². The lowest BCUT2D eigenvalue weighted by Gasteiger charge is -2.40. The van der Waals surface area contributed by atoms with Gasteiger partial charge in [-0.05, 0) is 34.6 Å². The van der Waals surface area contributed by atoms with Crippen LogP contribution in [0.3, 0.4) is 0 Å². The first-order valence-electron chi connectivity index (χ1n) is 7.67. The van der Waals surface area contributed by atoms with Gasteiger partial charge < -0.3 is 4.90 Å². The lowest BCUT2D eigenvalue weighted by atomic mass is 10.2. The SMILES string of the molecule is C[Si]1(C)c2ccccc2N(c2ccc(C=O)s2)c2ccccc21. The molecule has 3 aromatic rings. The molecule has 2 heterocycles. The van der Waals surface area contributed by atoms with Crippen LogP contribution in [0, 0.1) is 0 Å². The lowest BCUT2D eigenvalue weighted by Crippen LogP contribution is -2.58. The highest BCUT2D eigenvalue weighted by Gasteiger charge is 2.38. The van der Waals surface area contributed by atoms with Crippen molar-refractivity contribution in [3.63, 3.8) is 0 Å². The standard InChI is InChI=1S/C19H17NOSSi/c1-23(2)17-9-5-3-7-15(17)20(16-8-4-6-10-18(16)23)19-12-11-14(13-21)22-19/h3-13H,1-2H3. The number of hydrogen-bond acceptors (Lipinski definition) is 3. The minimum Gasteiger partial charge on any atom is -0.302 e. The molecule has 23 heavy (non-hydrogen) atoms. The average Bonchev–Trinajstić information content (AvgIpc) is 3.04. The molecule has 4 rings (SSSR count). The van der Waals surface area contributed by atoms with Crippen molar-refractivity contribution in [2.45, 2.75) is 13.1 Å². The first kappa shape index (κ1) is 14.4. The van der Waals surface area contributed by atoms with Gasteiger partial charge in [-0.1, -0.05) is 49.5 Å². The molecular weight excluding hydrogens is 318 g/mol. The van der Waals surface area contributed by atoms with Crippen LogP contribution in [0.25, 0.3) is 0 Å². The molecule has 0 spiro atoms. The van der Waals surface area contributed by atoms with Crippen LogP contribution in [0.15, 0.2) is 60.7 Å². The number of para-hydroxylation sites is 2. The predicted octanol–water partition coefficient (Wildman–Crippen LogP) is 4.17. The van der Waals surface area contributed by atoms with Crippen LogP contribution < -0.4 is 15.3 Å². The number of nitrogens with zero attached hydrogens (tertiary/aromatic N) is 1. The van der Waals surface area contributed by atoms with Crippen molar-refractivity contribution in [3.8, 4) is 0 Å². The molecule has 0 unspecified atom stereocenters. The highest BCUT2D eigenvalue weighted by molar-refractivity contribution is 7.18. The highest BCUT2D eigenvalue weighted by Crippen LogP contribution is 2.40. The largest absolute Gasteiger partial charge is 0.302 e. The monoisotopic (exact) mass is 335 g/mol. The lowest BCUT2D eigenvalue weighted by molar-refractivity contribution is 0.112. The molecule has 0 radical (unpaired) electrons. The molecule has 1 aliphatic heterocycles. The van der Waals surface area contributed by atoms with Crippen molar-refractivity contribution in [3.05, 3.63) is 65.5 Å². The van der Waals surface area contributed by atoms with Gasteiger partial charge in [-0.2, -0.15) is 0 Å². The fraction of sp³-hybridized carbons (Fsp3) is 0.105. The molecule has 1 aliphatic rings. The normalized spacial score (nSPS) is 15.0. The topological polar surface area (TPSA) is 20.3 Å². The fourth-order valence-corrected chi connectivity index (χ4v) is 7.27. The van der Waals surface area contributed by atoms with Gasteiger partial charge in [-0.25, -0.2) is 0 Å². The van der Waals surface area contributed by atoms with E-state index in [2.05, 4.69) is 66.5 Å². The molecule has 0 bridgehead atoms. The Morgan fingerprint density at radius 2 is 1.43 bits per heavy atom. The molecule has 0 saturated carbocycles. The van der Waals surface area contributed by atoms with Gasteiger partial charge >= 0.3 is 0 Å². The number of aldehydes is 1. The van der Waals surface area contributed by atoms with Gasteiger partial charge in [0.05, 0.1) is 4.88 Å². The molecular formula is C19H17NOSSi. The number of carbonyl (C=O) groups is 1. The van der Waals surface area contributed by atoms with E-state index in [1.165, 1.54) is 21.7 Å². The third-order valence-corrected chi connectivity index (χ3v) is 9.12. The second-order valence-electron chi connectivity index (χ2n) is 6.29. The number of benzene rings is 2. The van der Waals surface area contributed by atoms with Crippen LogP contribution in [0.5, 0.6) is 0 Å². The first-order valence-corrected chi connectivity index (χ1v) is 11.5. The number of fused-ring (bicyclic) bond motifs is 2. The van der Waals surface area contributed by atoms with Crippen LogP contribution in [-0.2, 0) is 0 Å². The molecule has 2 aromatic carbocycles. The van der Waals surface area contributed by atoms with Crippen LogP contribution >= 0.6 is 11.3 Å². The average molecular weight is 336 g/mol. The summed E-state index contributed by atoms with van der Waals surface area (Å²) in [6.45, 7) is 4.82. The first-order chi connectivity index (χ1) is 11.1. The number of anilines is 3. The second kappa shape index (κ2) is 5.18. The van der Waals surface area contributed by atoms with Crippen LogP contribution in [0.4, 0.5) is 16.4 Å². The summed E-state index contributed by atoms with van der Waals surface area (Å²) < 4.78 is 0. The summed E-state index contributed by atoms with van der Waals surface area (Å²) in [7, 11) is -1.71. The summed E-state index contributed by atoms with van der Waals surface area (Å²) in [4.78, 5) is 14.2. The molecule has 1 aromatic heterocycles. The third kappa shape index (κ3) is 2.10. The van der Waals surface area contributed by atoms with E-state index in [0.29, 0.717) is 0 Å². The van der Waals surface area contributed by atoms with E-state index >= 15 is 0 Å². The van der Waals surface area contributed by atoms with E-state index in [4.69, 9.17) is 0 Å². The zero-order valence-electron chi connectivity index (χ0n) is 13.1. The Bertz CT molecular complexity index is 850. The highest BCUT2D eigenvalue weighted by atomic mass is 32.1. The Kier molecular flexibility index (Phi) is 3.25. The van der Waals surface area contributed by atoms with Crippen molar-refractivity contribution < 1.29 is 4.79 Å². The summed E-state index contributed by atoms with van der Waals surface area (Å²) in [5, 5.41) is 3.98. The number of thiophene rings is 1. The minimum absolute atomic E-state index is 0.761. The van der Waals surface area contributed by atoms with Crippen LogP contribution in [0.2, 0.25) is 13.1 Å². The molecule has 4 heteroatoms. The van der Waals surface area contributed by atoms with Crippen molar-refractivity contribution in [1.82, 2.24) is 0 Å². The maximum absolute atomic E-state index is 11.1. The fourth-order valence-electron chi connectivity index (χ4n) is 3.43. The van der Waals surface area contributed by atoms with Crippen molar-refractivity contribution in [2.24, 2.45) is 0 Å². The van der Waals surface area contributed by atoms with Gasteiger partial charge in [0.25, 0.3) is 0 Å². The van der Waals surface area contributed by atoms with Gasteiger partial charge in [0.2, 0.25) is 0 Å². The van der Waals surface area contributed by atoms with Gasteiger partial charge in [-0.3, -0.25) is 4.79 Å². The summed E-state index contributed by atoms with van der Waals surface area (Å²) in [6, 6.07) is 21.3. The van der Waals surface area contributed by atoms with Crippen LogP contribution in [-0.4, -0.2) is 14.4 Å². The van der Waals surface area contributed by atoms with E-state index < -0.39 is 8.07 Å². The van der Waals surface area contributed by atoms with Gasteiger partial charge in [0, 0.05) is 11.4 Å². The van der Waals surface area contributed by atoms with Gasteiger partial charge in [0.1, 0.15) is 13.1 Å². The van der Waals surface area contributed by atoms with E-state index in [0.717, 1.165) is 16.2 Å². The van der Waals surface area contributed by atoms with Crippen molar-refractivity contribution in [2.75, 3.05) is 4.90 Å². The number of hydrogen-bond donors (Lipinski definition) is 0. The van der Waals surface area contributed by atoms with E-state index in [1.807, 2.05) is 12.1 Å². The van der Waals surface area contributed by atoms with Crippen molar-refractivity contribution in [1.29, 1.82) is 0 Å². The quantitative estimate of drug-likeness (QED) is 0.517. The molecule has 114 valence electrons. The molecule has 0 aliphatic carbocycles. The Hall–Kier alpha value is -2.17. The second-order valence-corrected chi connectivity index (χ2v) is 11.7. The summed E-state index contributed by atoms with van der Waals surface area (Å²) in [5.74, 6) is 0. The predicted molar refractivity (Wildman–Crippen MR) is 101 cm³/mol. The smallest absolute Gasteiger partial charge is 0.160 e. The Labute approximate surface area is 141 Å². The van der Waals surface area contributed by atoms with Crippen LogP contribution in [0.1, 0.15) is 9.67 Å². The third-order valence-electron chi connectivity index (χ3n) is 4.59. The maximum atomic E-state index is 11.1. The Morgan fingerprint density at radius 3 is 1.96 bits per heavy atom. The van der Waals surface area contributed by atoms with E-state index in [1.54, 1.807) is 11.3 Å². The molecule has 0 N–H and O–H groups in total. The Morgan fingerprint density at radius 1 is 0.870 bits per heavy atom. The Balaban J connectivity index is 2.02. The minimum atomic E-state index is -1.71. The number of rotatable bonds is 2. The molecule has 2 nitrogen and oxygen atoms in total. The molecule has 0 saturated heterocycles. The summed E-state index contributed by atoms with van der Waals surface area (Å²) in [5.41, 5.74) is 2.50. The van der Waals surface area contributed by atoms with Crippen molar-refractivity contribution >= 4 is 52.4 Å². The molecule has 0 amide bonds. The zero-order chi connectivity index (χ0) is 16.0. The van der Waals surface area contributed by atoms with E-state index in [-0.39, 0.29) is 0 Å². The summed E-state index contributed by atoms with van der Waals surface area (Å²) in [6.07, 6.45) is 0.925. The maximum Gasteiger partial charge on any atom is 0.160 e. The molecule has 0 fully saturated rings. The summed E-state index contributed by atoms with van der Waals surface area (Å²) >= 11 is 1.54. The van der Waals surface area contributed by atoms with Gasteiger partial charge in [0.15, 0.2) is 6.29 Å². The zero-order valence-corrected chi connectivity index (χ0v) is 14.9.